The van der Waals surface area contributed by atoms with Crippen LogP contribution in [0.3, 0.4) is 0 Å². The van der Waals surface area contributed by atoms with E-state index in [1.54, 1.807) is 24.5 Å². The molecular weight excluding hydrogens is 579 g/mol. The van der Waals surface area contributed by atoms with Crippen LogP contribution < -0.4 is 14.9 Å². The predicted molar refractivity (Wildman–Crippen MR) is 175 cm³/mol. The van der Waals surface area contributed by atoms with Gasteiger partial charge in [-0.15, -0.1) is 11.3 Å². The lowest BCUT2D eigenvalue weighted by atomic mass is 10.1. The van der Waals surface area contributed by atoms with E-state index in [0.29, 0.717) is 23.9 Å². The van der Waals surface area contributed by atoms with E-state index >= 15 is 0 Å². The van der Waals surface area contributed by atoms with Gasteiger partial charge in [-0.2, -0.15) is 0 Å². The van der Waals surface area contributed by atoms with Gasteiger partial charge in [0.15, 0.2) is 0 Å². The highest BCUT2D eigenvalue weighted by Crippen LogP contribution is 2.36. The number of thiazole rings is 1. The fraction of sp³-hybridized carbons (Fsp3) is 0.394. The highest BCUT2D eigenvalue weighted by molar-refractivity contribution is 7.93. The lowest BCUT2D eigenvalue weighted by Gasteiger charge is -2.22. The average molecular weight is 620 g/mol. The lowest BCUT2D eigenvalue weighted by Crippen LogP contribution is -2.26. The minimum absolute atomic E-state index is 0.270. The zero-order valence-electron chi connectivity index (χ0n) is 24.7. The Bertz CT molecular complexity index is 1560. The molecule has 4 aromatic rings. The summed E-state index contributed by atoms with van der Waals surface area (Å²) >= 11 is 1.37. The first-order valence-electron chi connectivity index (χ1n) is 15.2. The zero-order valence-corrected chi connectivity index (χ0v) is 26.3. The summed E-state index contributed by atoms with van der Waals surface area (Å²) in [6.45, 7) is 4.13. The van der Waals surface area contributed by atoms with E-state index in [2.05, 4.69) is 22.5 Å². The molecule has 1 aliphatic rings. The zero-order chi connectivity index (χ0) is 30.1. The van der Waals surface area contributed by atoms with Gasteiger partial charge in [-0.1, -0.05) is 50.8 Å². The van der Waals surface area contributed by atoms with Crippen LogP contribution in [0.5, 0.6) is 0 Å². The molecule has 228 valence electrons. The van der Waals surface area contributed by atoms with Crippen molar-refractivity contribution in [3.8, 4) is 0 Å². The number of aryl methyl sites for hydroxylation is 1. The summed E-state index contributed by atoms with van der Waals surface area (Å²) in [7, 11) is -3.91. The molecule has 0 bridgehead atoms. The number of aromatic nitrogens is 2. The van der Waals surface area contributed by atoms with Crippen LogP contribution in [0.1, 0.15) is 67.5 Å². The summed E-state index contributed by atoms with van der Waals surface area (Å²) < 4.78 is 29.8. The van der Waals surface area contributed by atoms with Crippen molar-refractivity contribution in [3.63, 3.8) is 0 Å². The molecule has 5 rings (SSSR count). The summed E-state index contributed by atoms with van der Waals surface area (Å²) in [5.74, 6) is 0. The molecule has 2 aromatic heterocycles. The molecule has 0 fully saturated rings. The largest absolute Gasteiger partial charge is 0.387 e. The summed E-state index contributed by atoms with van der Waals surface area (Å²) in [5.41, 5.74) is 5.36. The Morgan fingerprint density at radius 1 is 1.07 bits per heavy atom. The monoisotopic (exact) mass is 619 g/mol. The first-order chi connectivity index (χ1) is 21.0. The van der Waals surface area contributed by atoms with E-state index in [9.17, 15) is 13.5 Å². The van der Waals surface area contributed by atoms with Crippen molar-refractivity contribution in [1.82, 2.24) is 15.3 Å². The molecule has 8 nitrogen and oxygen atoms in total. The third kappa shape index (κ3) is 8.00. The summed E-state index contributed by atoms with van der Waals surface area (Å²) in [6.07, 6.45) is 11.0. The highest BCUT2D eigenvalue weighted by atomic mass is 32.2. The SMILES string of the molecule is CCCCCCCc1csc(N(c2ccc(CCNCC(O)c3cccnc3)cc2)S(=O)(=O)c2ccc3c(c2)CCN3)n1. The van der Waals surface area contributed by atoms with E-state index in [4.69, 9.17) is 4.98 Å². The number of aliphatic hydroxyl groups is 1. The molecular formula is C33H41N5O3S2. The second kappa shape index (κ2) is 14.9. The molecule has 0 amide bonds. The van der Waals surface area contributed by atoms with Gasteiger partial charge in [0.2, 0.25) is 5.13 Å². The number of rotatable bonds is 16. The smallest absolute Gasteiger partial charge is 0.270 e. The number of nitrogens with one attached hydrogen (secondary N) is 2. The van der Waals surface area contributed by atoms with Gasteiger partial charge in [0.05, 0.1) is 22.4 Å². The molecule has 1 aliphatic heterocycles. The van der Waals surface area contributed by atoms with Crippen LogP contribution in [0.2, 0.25) is 0 Å². The van der Waals surface area contributed by atoms with E-state index in [1.807, 2.05) is 47.8 Å². The molecule has 0 saturated carbocycles. The highest BCUT2D eigenvalue weighted by Gasteiger charge is 2.30. The van der Waals surface area contributed by atoms with Gasteiger partial charge < -0.3 is 15.7 Å². The number of nitrogens with zero attached hydrogens (tertiary/aromatic N) is 3. The fourth-order valence-electron chi connectivity index (χ4n) is 5.27. The summed E-state index contributed by atoms with van der Waals surface area (Å²) in [6, 6.07) is 16.6. The van der Waals surface area contributed by atoms with Crippen molar-refractivity contribution in [2.24, 2.45) is 0 Å². The first kappa shape index (κ1) is 31.1. The van der Waals surface area contributed by atoms with Crippen molar-refractivity contribution in [2.75, 3.05) is 29.3 Å². The van der Waals surface area contributed by atoms with Crippen molar-refractivity contribution < 1.29 is 13.5 Å². The minimum atomic E-state index is -3.91. The van der Waals surface area contributed by atoms with Gasteiger partial charge >= 0.3 is 0 Å². The van der Waals surface area contributed by atoms with Crippen LogP contribution in [0.25, 0.3) is 0 Å². The molecule has 1 unspecified atom stereocenters. The number of fused-ring (bicyclic) bond motifs is 1. The number of benzene rings is 2. The molecule has 43 heavy (non-hydrogen) atoms. The van der Waals surface area contributed by atoms with Gasteiger partial charge in [0.1, 0.15) is 0 Å². The minimum Gasteiger partial charge on any atom is -0.387 e. The molecule has 0 spiro atoms. The number of anilines is 3. The quantitative estimate of drug-likeness (QED) is 0.124. The maximum Gasteiger partial charge on any atom is 0.270 e. The van der Waals surface area contributed by atoms with Crippen LogP contribution in [-0.4, -0.2) is 43.1 Å². The summed E-state index contributed by atoms with van der Waals surface area (Å²) in [4.78, 5) is 9.14. The second-order valence-electron chi connectivity index (χ2n) is 11.0. The van der Waals surface area contributed by atoms with Crippen molar-refractivity contribution >= 4 is 37.9 Å². The van der Waals surface area contributed by atoms with E-state index in [1.165, 1.54) is 34.9 Å². The maximum atomic E-state index is 14.2. The van der Waals surface area contributed by atoms with E-state index < -0.39 is 16.1 Å². The van der Waals surface area contributed by atoms with E-state index in [-0.39, 0.29) is 4.90 Å². The van der Waals surface area contributed by atoms with Gasteiger partial charge in [0.25, 0.3) is 10.0 Å². The Labute approximate surface area is 259 Å². The average Bonchev–Trinajstić information content (AvgIpc) is 3.70. The predicted octanol–water partition coefficient (Wildman–Crippen LogP) is 6.41. The second-order valence-corrected chi connectivity index (χ2v) is 13.6. The maximum absolute atomic E-state index is 14.2. The third-order valence-corrected chi connectivity index (χ3v) is 10.4. The van der Waals surface area contributed by atoms with Crippen molar-refractivity contribution in [3.05, 3.63) is 94.8 Å². The molecule has 0 radical (unpaired) electrons. The normalized spacial score (nSPS) is 13.4. The molecule has 2 aromatic carbocycles. The standard InChI is InChI=1S/C33H41N5O3S2/c1-2-3-4-5-6-9-28-24-42-33(37-28)38(43(40,41)30-14-15-31-26(21-30)17-20-36-31)29-12-10-25(11-13-29)16-19-35-23-32(39)27-8-7-18-34-22-27/h7-8,10-15,18,21-22,24,32,35-36,39H,2-6,9,16-17,19-20,23H2,1H3. The fourth-order valence-corrected chi connectivity index (χ4v) is 7.87. The van der Waals surface area contributed by atoms with Gasteiger partial charge in [-0.05, 0) is 79.8 Å². The Hall–Kier alpha value is -3.31. The molecule has 0 saturated heterocycles. The number of aliphatic hydroxyl groups excluding tert-OH is 1. The number of pyridine rings is 1. The first-order valence-corrected chi connectivity index (χ1v) is 17.5. The number of sulfonamides is 1. The van der Waals surface area contributed by atoms with E-state index in [0.717, 1.165) is 66.7 Å². The van der Waals surface area contributed by atoms with Gasteiger partial charge in [-0.3, -0.25) is 4.98 Å². The van der Waals surface area contributed by atoms with Crippen LogP contribution in [-0.2, 0) is 29.3 Å². The van der Waals surface area contributed by atoms with Gasteiger partial charge in [-0.25, -0.2) is 17.7 Å². The van der Waals surface area contributed by atoms with Crippen molar-refractivity contribution in [1.29, 1.82) is 0 Å². The number of unbranched alkanes of at least 4 members (excludes halogenated alkanes) is 4. The Morgan fingerprint density at radius 3 is 2.70 bits per heavy atom. The summed E-state index contributed by atoms with van der Waals surface area (Å²) in [5, 5.41) is 19.4. The third-order valence-electron chi connectivity index (χ3n) is 7.74. The number of hydrogen-bond donors (Lipinski definition) is 3. The number of hydrogen-bond acceptors (Lipinski definition) is 8. The van der Waals surface area contributed by atoms with Crippen LogP contribution in [0, 0.1) is 0 Å². The molecule has 0 aliphatic carbocycles. The Morgan fingerprint density at radius 2 is 1.91 bits per heavy atom. The molecule has 10 heteroatoms. The van der Waals surface area contributed by atoms with Crippen LogP contribution >= 0.6 is 11.3 Å². The molecule has 1 atom stereocenters. The molecule has 3 heterocycles. The van der Waals surface area contributed by atoms with Gasteiger partial charge in [0, 0.05) is 42.1 Å². The molecule has 3 N–H and O–H groups in total. The Kier molecular flexibility index (Phi) is 10.8. The van der Waals surface area contributed by atoms with Crippen LogP contribution in [0.4, 0.5) is 16.5 Å². The Balaban J connectivity index is 1.30. The van der Waals surface area contributed by atoms with Crippen molar-refractivity contribution in [2.45, 2.75) is 69.3 Å². The topological polar surface area (TPSA) is 107 Å². The lowest BCUT2D eigenvalue weighted by molar-refractivity contribution is 0.174. The van der Waals surface area contributed by atoms with Crippen LogP contribution in [0.15, 0.2) is 77.3 Å².